The van der Waals surface area contributed by atoms with Gasteiger partial charge in [-0.15, -0.1) is 0 Å². The Kier molecular flexibility index (Phi) is 3.60. The van der Waals surface area contributed by atoms with Gasteiger partial charge < -0.3 is 0 Å². The van der Waals surface area contributed by atoms with E-state index in [1.54, 1.807) is 0 Å². The Labute approximate surface area is 106 Å². The molecule has 1 nitrogen and oxygen atoms in total. The molecule has 2 aromatic carbocycles. The van der Waals surface area contributed by atoms with Gasteiger partial charge in [-0.25, -0.2) is 0 Å². The SMILES string of the molecule is CCc1cc(-c2ccc(Cl)cc2)ccc1C=O. The lowest BCUT2D eigenvalue weighted by molar-refractivity contribution is 0.112. The summed E-state index contributed by atoms with van der Waals surface area (Å²) in [6.07, 6.45) is 1.76. The quantitative estimate of drug-likeness (QED) is 0.733. The van der Waals surface area contributed by atoms with Gasteiger partial charge in [0, 0.05) is 10.6 Å². The molecule has 2 aromatic rings. The Morgan fingerprint density at radius 1 is 1.06 bits per heavy atom. The molecule has 0 N–H and O–H groups in total. The van der Waals surface area contributed by atoms with Gasteiger partial charge >= 0.3 is 0 Å². The van der Waals surface area contributed by atoms with E-state index in [1.165, 1.54) is 0 Å². The molecule has 0 heterocycles. The predicted molar refractivity (Wildman–Crippen MR) is 71.7 cm³/mol. The van der Waals surface area contributed by atoms with Crippen molar-refractivity contribution in [2.24, 2.45) is 0 Å². The Morgan fingerprint density at radius 3 is 2.29 bits per heavy atom. The second-order valence-corrected chi connectivity index (χ2v) is 4.33. The third kappa shape index (κ3) is 2.56. The van der Waals surface area contributed by atoms with Crippen LogP contribution in [-0.4, -0.2) is 6.29 Å². The Morgan fingerprint density at radius 2 is 1.71 bits per heavy atom. The van der Waals surface area contributed by atoms with Gasteiger partial charge in [0.1, 0.15) is 6.29 Å². The van der Waals surface area contributed by atoms with Gasteiger partial charge in [0.25, 0.3) is 0 Å². The van der Waals surface area contributed by atoms with E-state index in [2.05, 4.69) is 6.07 Å². The lowest BCUT2D eigenvalue weighted by Gasteiger charge is -2.06. The Balaban J connectivity index is 2.46. The van der Waals surface area contributed by atoms with E-state index in [-0.39, 0.29) is 0 Å². The molecule has 0 amide bonds. The molecule has 17 heavy (non-hydrogen) atoms. The molecule has 86 valence electrons. The molecule has 0 spiro atoms. The van der Waals surface area contributed by atoms with Crippen molar-refractivity contribution in [3.05, 3.63) is 58.6 Å². The highest BCUT2D eigenvalue weighted by atomic mass is 35.5. The molecular formula is C15H13ClO. The summed E-state index contributed by atoms with van der Waals surface area (Å²) in [5.41, 5.74) is 4.07. The molecule has 0 fully saturated rings. The topological polar surface area (TPSA) is 17.1 Å². The highest BCUT2D eigenvalue weighted by molar-refractivity contribution is 6.30. The van der Waals surface area contributed by atoms with Gasteiger partial charge in [0.05, 0.1) is 0 Å². The molecule has 0 saturated carbocycles. The molecule has 0 bridgehead atoms. The van der Waals surface area contributed by atoms with Gasteiger partial charge in [-0.05, 0) is 35.2 Å². The number of halogens is 1. The minimum Gasteiger partial charge on any atom is -0.298 e. The van der Waals surface area contributed by atoms with E-state index >= 15 is 0 Å². The number of carbonyl (C=O) groups excluding carboxylic acids is 1. The van der Waals surface area contributed by atoms with Crippen LogP contribution in [0.1, 0.15) is 22.8 Å². The molecule has 2 heteroatoms. The van der Waals surface area contributed by atoms with Gasteiger partial charge in [-0.2, -0.15) is 0 Å². The number of aryl methyl sites for hydroxylation is 1. The van der Waals surface area contributed by atoms with Crippen LogP contribution in [-0.2, 0) is 6.42 Å². The van der Waals surface area contributed by atoms with Crippen LogP contribution in [0.3, 0.4) is 0 Å². The van der Waals surface area contributed by atoms with Crippen molar-refractivity contribution in [2.45, 2.75) is 13.3 Å². The Bertz CT molecular complexity index is 529. The van der Waals surface area contributed by atoms with E-state index in [0.29, 0.717) is 0 Å². The van der Waals surface area contributed by atoms with Crippen molar-refractivity contribution in [3.63, 3.8) is 0 Å². The van der Waals surface area contributed by atoms with E-state index in [9.17, 15) is 4.79 Å². The van der Waals surface area contributed by atoms with E-state index in [4.69, 9.17) is 11.6 Å². The molecule has 0 aliphatic carbocycles. The second-order valence-electron chi connectivity index (χ2n) is 3.89. The molecule has 0 aliphatic heterocycles. The van der Waals surface area contributed by atoms with Crippen LogP contribution in [0.15, 0.2) is 42.5 Å². The van der Waals surface area contributed by atoms with Crippen LogP contribution < -0.4 is 0 Å². The third-order valence-electron chi connectivity index (χ3n) is 2.83. The fourth-order valence-electron chi connectivity index (χ4n) is 1.85. The van der Waals surface area contributed by atoms with E-state index in [0.717, 1.165) is 40.0 Å². The number of benzene rings is 2. The molecule has 0 atom stereocenters. The third-order valence-corrected chi connectivity index (χ3v) is 3.08. The first-order chi connectivity index (χ1) is 8.24. The van der Waals surface area contributed by atoms with Gasteiger partial charge in [0.2, 0.25) is 0 Å². The standard InChI is InChI=1S/C15H13ClO/c1-2-11-9-13(3-4-14(11)10-17)12-5-7-15(16)8-6-12/h3-10H,2H2,1H3. The Hall–Kier alpha value is -1.60. The summed E-state index contributed by atoms with van der Waals surface area (Å²) in [7, 11) is 0. The lowest BCUT2D eigenvalue weighted by Crippen LogP contribution is -1.91. The first-order valence-electron chi connectivity index (χ1n) is 5.58. The largest absolute Gasteiger partial charge is 0.298 e. The predicted octanol–water partition coefficient (Wildman–Crippen LogP) is 4.38. The molecule has 0 aromatic heterocycles. The smallest absolute Gasteiger partial charge is 0.150 e. The summed E-state index contributed by atoms with van der Waals surface area (Å²) < 4.78 is 0. The van der Waals surface area contributed by atoms with Crippen molar-refractivity contribution in [3.8, 4) is 11.1 Å². The van der Waals surface area contributed by atoms with Crippen LogP contribution >= 0.6 is 11.6 Å². The fraction of sp³-hybridized carbons (Fsp3) is 0.133. The number of hydrogen-bond acceptors (Lipinski definition) is 1. The average Bonchev–Trinajstić information content (AvgIpc) is 2.39. The highest BCUT2D eigenvalue weighted by Crippen LogP contribution is 2.24. The van der Waals surface area contributed by atoms with Gasteiger partial charge in [-0.1, -0.05) is 48.9 Å². The first-order valence-corrected chi connectivity index (χ1v) is 5.96. The van der Waals surface area contributed by atoms with Crippen molar-refractivity contribution < 1.29 is 4.79 Å². The number of carbonyl (C=O) groups is 1. The van der Waals surface area contributed by atoms with Crippen LogP contribution in [0.4, 0.5) is 0 Å². The highest BCUT2D eigenvalue weighted by Gasteiger charge is 2.03. The minimum absolute atomic E-state index is 0.731. The average molecular weight is 245 g/mol. The normalized spacial score (nSPS) is 10.2. The molecule has 2 rings (SSSR count). The van der Waals surface area contributed by atoms with Gasteiger partial charge in [-0.3, -0.25) is 4.79 Å². The van der Waals surface area contributed by atoms with Crippen molar-refractivity contribution in [1.29, 1.82) is 0 Å². The molecule has 0 aliphatic rings. The summed E-state index contributed by atoms with van der Waals surface area (Å²) >= 11 is 5.86. The van der Waals surface area contributed by atoms with Crippen LogP contribution in [0, 0.1) is 0 Å². The molecule has 0 unspecified atom stereocenters. The van der Waals surface area contributed by atoms with Crippen molar-refractivity contribution in [2.75, 3.05) is 0 Å². The number of hydrogen-bond donors (Lipinski definition) is 0. The molecular weight excluding hydrogens is 232 g/mol. The summed E-state index contributed by atoms with van der Waals surface area (Å²) in [6, 6.07) is 13.6. The zero-order valence-corrected chi connectivity index (χ0v) is 10.4. The lowest BCUT2D eigenvalue weighted by atomic mass is 9.98. The zero-order chi connectivity index (χ0) is 12.3. The maximum absolute atomic E-state index is 10.9. The van der Waals surface area contributed by atoms with Crippen LogP contribution in [0.2, 0.25) is 5.02 Å². The second kappa shape index (κ2) is 5.15. The minimum atomic E-state index is 0.731. The fourth-order valence-corrected chi connectivity index (χ4v) is 1.97. The number of rotatable bonds is 3. The van der Waals surface area contributed by atoms with E-state index < -0.39 is 0 Å². The number of aldehydes is 1. The van der Waals surface area contributed by atoms with Gasteiger partial charge in [0.15, 0.2) is 0 Å². The summed E-state index contributed by atoms with van der Waals surface area (Å²) in [5.74, 6) is 0. The zero-order valence-electron chi connectivity index (χ0n) is 9.61. The van der Waals surface area contributed by atoms with Crippen molar-refractivity contribution in [1.82, 2.24) is 0 Å². The monoisotopic (exact) mass is 244 g/mol. The molecule has 0 saturated heterocycles. The summed E-state index contributed by atoms with van der Waals surface area (Å²) in [4.78, 5) is 10.9. The van der Waals surface area contributed by atoms with Crippen LogP contribution in [0.25, 0.3) is 11.1 Å². The summed E-state index contributed by atoms with van der Waals surface area (Å²) in [6.45, 7) is 2.05. The van der Waals surface area contributed by atoms with Crippen LogP contribution in [0.5, 0.6) is 0 Å². The van der Waals surface area contributed by atoms with Crippen molar-refractivity contribution >= 4 is 17.9 Å². The summed E-state index contributed by atoms with van der Waals surface area (Å²) in [5, 5.41) is 0.731. The maximum Gasteiger partial charge on any atom is 0.150 e. The first kappa shape index (κ1) is 11.9. The van der Waals surface area contributed by atoms with E-state index in [1.807, 2.05) is 43.3 Å². The maximum atomic E-state index is 10.9. The molecule has 0 radical (unpaired) electrons.